The Labute approximate surface area is 131 Å². The molecule has 0 aromatic heterocycles. The molecule has 2 rings (SSSR count). The Hall–Kier alpha value is -2.01. The summed E-state index contributed by atoms with van der Waals surface area (Å²) in [5.74, 6) is -1.65. The van der Waals surface area contributed by atoms with Crippen LogP contribution in [0, 0.1) is 5.82 Å². The molecule has 5 heteroatoms. The topological polar surface area (TPSA) is 54.4 Å². The highest BCUT2D eigenvalue weighted by molar-refractivity contribution is 7.85. The number of benzene rings is 2. The number of hydrogen-bond donors (Lipinski definition) is 1. The lowest BCUT2D eigenvalue weighted by atomic mass is 10.1. The smallest absolute Gasteiger partial charge is 0.319 e. The predicted molar refractivity (Wildman–Crippen MR) is 84.4 cm³/mol. The number of hydrogen-bond acceptors (Lipinski definition) is 2. The Bertz CT molecular complexity index is 658. The first kappa shape index (κ1) is 16.4. The molecule has 0 heterocycles. The number of carboxylic acids is 1. The van der Waals surface area contributed by atoms with E-state index in [-0.39, 0.29) is 17.7 Å². The van der Waals surface area contributed by atoms with Crippen LogP contribution in [0.1, 0.15) is 17.5 Å². The first-order chi connectivity index (χ1) is 10.6. The molecule has 0 bridgehead atoms. The molecular weight excluding hydrogens is 303 g/mol. The zero-order valence-electron chi connectivity index (χ0n) is 11.9. The number of rotatable bonds is 7. The summed E-state index contributed by atoms with van der Waals surface area (Å²) in [6.07, 6.45) is 0.793. The molecule has 2 unspecified atom stereocenters. The van der Waals surface area contributed by atoms with Gasteiger partial charge in [0.15, 0.2) is 0 Å². The summed E-state index contributed by atoms with van der Waals surface area (Å²) in [6.45, 7) is 0. The van der Waals surface area contributed by atoms with Crippen LogP contribution in [-0.2, 0) is 27.8 Å². The van der Waals surface area contributed by atoms with Crippen molar-refractivity contribution >= 4 is 16.8 Å². The Morgan fingerprint density at radius 1 is 1.09 bits per heavy atom. The van der Waals surface area contributed by atoms with Gasteiger partial charge in [0, 0.05) is 16.4 Å². The lowest BCUT2D eigenvalue weighted by Gasteiger charge is -2.12. The molecule has 22 heavy (non-hydrogen) atoms. The highest BCUT2D eigenvalue weighted by Gasteiger charge is 2.25. The molecule has 2 atom stereocenters. The van der Waals surface area contributed by atoms with E-state index < -0.39 is 27.8 Å². The molecule has 116 valence electrons. The molecule has 0 fully saturated rings. The van der Waals surface area contributed by atoms with Crippen LogP contribution in [0.2, 0.25) is 0 Å². The molecule has 0 saturated carbocycles. The van der Waals surface area contributed by atoms with Crippen molar-refractivity contribution in [3.05, 3.63) is 71.5 Å². The Morgan fingerprint density at radius 3 is 2.36 bits per heavy atom. The minimum absolute atomic E-state index is 0.0849. The second-order valence-corrected chi connectivity index (χ2v) is 6.59. The molecular formula is C17H17FO3S. The van der Waals surface area contributed by atoms with Gasteiger partial charge >= 0.3 is 5.97 Å². The highest BCUT2D eigenvalue weighted by atomic mass is 32.2. The first-order valence-corrected chi connectivity index (χ1v) is 8.33. The van der Waals surface area contributed by atoms with Crippen LogP contribution in [0.25, 0.3) is 0 Å². The number of halogens is 1. The first-order valence-electron chi connectivity index (χ1n) is 6.95. The van der Waals surface area contributed by atoms with E-state index in [0.29, 0.717) is 6.42 Å². The van der Waals surface area contributed by atoms with E-state index >= 15 is 0 Å². The van der Waals surface area contributed by atoms with Crippen molar-refractivity contribution in [2.45, 2.75) is 23.8 Å². The zero-order valence-corrected chi connectivity index (χ0v) is 12.8. The summed E-state index contributed by atoms with van der Waals surface area (Å²) >= 11 is 0. The summed E-state index contributed by atoms with van der Waals surface area (Å²) < 4.78 is 25.9. The minimum atomic E-state index is -1.66. The fraction of sp³-hybridized carbons (Fsp3) is 0.235. The van der Waals surface area contributed by atoms with Gasteiger partial charge < -0.3 is 5.11 Å². The summed E-state index contributed by atoms with van der Waals surface area (Å²) in [7, 11) is -1.66. The van der Waals surface area contributed by atoms with Crippen molar-refractivity contribution in [1.82, 2.24) is 0 Å². The largest absolute Gasteiger partial charge is 0.480 e. The standard InChI is InChI=1S/C17H17FO3S/c18-15-9-5-4-8-14(15)12-22(21)16(17(19)20)11-10-13-6-2-1-3-7-13/h1-9,16H,10-12H2,(H,19,20). The van der Waals surface area contributed by atoms with Crippen LogP contribution in [0.3, 0.4) is 0 Å². The summed E-state index contributed by atoms with van der Waals surface area (Å²) in [5.41, 5.74) is 1.28. The molecule has 2 aromatic carbocycles. The van der Waals surface area contributed by atoms with Crippen LogP contribution in [-0.4, -0.2) is 20.5 Å². The molecule has 0 saturated heterocycles. The van der Waals surface area contributed by atoms with Gasteiger partial charge in [0.05, 0.1) is 5.75 Å². The van der Waals surface area contributed by atoms with Gasteiger partial charge in [-0.25, -0.2) is 4.39 Å². The van der Waals surface area contributed by atoms with Crippen LogP contribution >= 0.6 is 0 Å². The van der Waals surface area contributed by atoms with E-state index in [4.69, 9.17) is 0 Å². The van der Waals surface area contributed by atoms with E-state index in [1.807, 2.05) is 30.3 Å². The van der Waals surface area contributed by atoms with Gasteiger partial charge in [-0.3, -0.25) is 9.00 Å². The van der Waals surface area contributed by atoms with E-state index in [2.05, 4.69) is 0 Å². The third-order valence-electron chi connectivity index (χ3n) is 3.39. The highest BCUT2D eigenvalue weighted by Crippen LogP contribution is 2.15. The molecule has 1 N–H and O–H groups in total. The van der Waals surface area contributed by atoms with E-state index in [1.54, 1.807) is 12.1 Å². The van der Waals surface area contributed by atoms with Gasteiger partial charge in [-0.1, -0.05) is 48.5 Å². The maximum absolute atomic E-state index is 13.6. The second-order valence-electron chi connectivity index (χ2n) is 4.97. The zero-order chi connectivity index (χ0) is 15.9. The Balaban J connectivity index is 2.03. The molecule has 0 radical (unpaired) electrons. The molecule has 0 aliphatic heterocycles. The van der Waals surface area contributed by atoms with Crippen molar-refractivity contribution in [2.24, 2.45) is 0 Å². The quantitative estimate of drug-likeness (QED) is 0.852. The maximum Gasteiger partial charge on any atom is 0.319 e. The normalized spacial score (nSPS) is 13.5. The predicted octanol–water partition coefficient (Wildman–Crippen LogP) is 3.16. The van der Waals surface area contributed by atoms with E-state index in [9.17, 15) is 18.5 Å². The molecule has 3 nitrogen and oxygen atoms in total. The fourth-order valence-electron chi connectivity index (χ4n) is 2.18. The molecule has 2 aromatic rings. The van der Waals surface area contributed by atoms with Gasteiger partial charge in [-0.15, -0.1) is 0 Å². The fourth-order valence-corrected chi connectivity index (χ4v) is 3.53. The minimum Gasteiger partial charge on any atom is -0.480 e. The Morgan fingerprint density at radius 2 is 1.73 bits per heavy atom. The third-order valence-corrected chi connectivity index (χ3v) is 5.05. The van der Waals surface area contributed by atoms with Crippen LogP contribution in [0.15, 0.2) is 54.6 Å². The lowest BCUT2D eigenvalue weighted by molar-refractivity contribution is -0.136. The van der Waals surface area contributed by atoms with Gasteiger partial charge in [-0.2, -0.15) is 0 Å². The number of aryl methyl sites for hydroxylation is 1. The summed E-state index contributed by atoms with van der Waals surface area (Å²) in [6, 6.07) is 15.4. The van der Waals surface area contributed by atoms with Gasteiger partial charge in [-0.05, 0) is 24.5 Å². The summed E-state index contributed by atoms with van der Waals surface area (Å²) in [5, 5.41) is 8.28. The van der Waals surface area contributed by atoms with Crippen molar-refractivity contribution < 1.29 is 18.5 Å². The second kappa shape index (κ2) is 7.84. The maximum atomic E-state index is 13.6. The van der Waals surface area contributed by atoms with Gasteiger partial charge in [0.1, 0.15) is 11.1 Å². The third kappa shape index (κ3) is 4.49. The van der Waals surface area contributed by atoms with Gasteiger partial charge in [0.25, 0.3) is 0 Å². The Kier molecular flexibility index (Phi) is 5.83. The van der Waals surface area contributed by atoms with E-state index in [0.717, 1.165) is 5.56 Å². The number of carbonyl (C=O) groups is 1. The van der Waals surface area contributed by atoms with Gasteiger partial charge in [0.2, 0.25) is 0 Å². The molecule has 0 spiro atoms. The van der Waals surface area contributed by atoms with Crippen LogP contribution in [0.4, 0.5) is 4.39 Å². The lowest BCUT2D eigenvalue weighted by Crippen LogP contribution is -2.27. The molecule has 0 aliphatic rings. The average molecular weight is 320 g/mol. The van der Waals surface area contributed by atoms with Crippen molar-refractivity contribution in [3.8, 4) is 0 Å². The van der Waals surface area contributed by atoms with Crippen molar-refractivity contribution in [1.29, 1.82) is 0 Å². The average Bonchev–Trinajstić information content (AvgIpc) is 2.50. The summed E-state index contributed by atoms with van der Waals surface area (Å²) in [4.78, 5) is 11.4. The van der Waals surface area contributed by atoms with Crippen LogP contribution < -0.4 is 0 Å². The monoisotopic (exact) mass is 320 g/mol. The van der Waals surface area contributed by atoms with Crippen molar-refractivity contribution in [3.63, 3.8) is 0 Å². The SMILES string of the molecule is O=C(O)C(CCc1ccccc1)S(=O)Cc1ccccc1F. The molecule has 0 amide bonds. The molecule has 0 aliphatic carbocycles. The number of aliphatic carboxylic acids is 1. The number of carboxylic acid groups (broad SMARTS) is 1. The van der Waals surface area contributed by atoms with Crippen molar-refractivity contribution in [2.75, 3.05) is 0 Å². The van der Waals surface area contributed by atoms with Crippen LogP contribution in [0.5, 0.6) is 0 Å². The van der Waals surface area contributed by atoms with E-state index in [1.165, 1.54) is 12.1 Å².